The second-order valence-corrected chi connectivity index (χ2v) is 7.32. The molecular weight excluding hydrogens is 329 g/mol. The van der Waals surface area contributed by atoms with Crippen LogP contribution in [0.5, 0.6) is 0 Å². The molecule has 1 aliphatic heterocycles. The van der Waals surface area contributed by atoms with E-state index in [1.807, 2.05) is 0 Å². The van der Waals surface area contributed by atoms with Crippen molar-refractivity contribution in [3.05, 3.63) is 35.4 Å². The summed E-state index contributed by atoms with van der Waals surface area (Å²) in [6.07, 6.45) is 1.61. The van der Waals surface area contributed by atoms with Gasteiger partial charge >= 0.3 is 6.18 Å². The summed E-state index contributed by atoms with van der Waals surface area (Å²) in [6.45, 7) is 2.55. The molecule has 1 aromatic carbocycles. The molecule has 1 aromatic rings. The molecule has 1 saturated carbocycles. The fraction of sp³-hybridized carbons (Fsp3) is 0.632. The van der Waals surface area contributed by atoms with E-state index in [1.54, 1.807) is 12.1 Å². The second kappa shape index (κ2) is 7.77. The van der Waals surface area contributed by atoms with Crippen LogP contribution in [-0.2, 0) is 17.5 Å². The fourth-order valence-corrected chi connectivity index (χ4v) is 3.45. The summed E-state index contributed by atoms with van der Waals surface area (Å²) in [7, 11) is 0. The van der Waals surface area contributed by atoms with Gasteiger partial charge in [-0.15, -0.1) is 0 Å². The average molecular weight is 354 g/mol. The Hall–Kier alpha value is -1.56. The van der Waals surface area contributed by atoms with Gasteiger partial charge in [0.1, 0.15) is 0 Å². The Kier molecular flexibility index (Phi) is 5.67. The minimum Gasteiger partial charge on any atom is -0.353 e. The normalized spacial score (nSPS) is 22.0. The zero-order valence-corrected chi connectivity index (χ0v) is 14.3. The maximum atomic E-state index is 12.6. The number of rotatable bonds is 6. The van der Waals surface area contributed by atoms with Gasteiger partial charge in [-0.3, -0.25) is 9.69 Å². The molecule has 3 nitrogen and oxygen atoms in total. The van der Waals surface area contributed by atoms with Crippen LogP contribution < -0.4 is 5.32 Å². The first-order valence-electron chi connectivity index (χ1n) is 9.08. The van der Waals surface area contributed by atoms with Crippen LogP contribution >= 0.6 is 0 Å². The Morgan fingerprint density at radius 3 is 2.52 bits per heavy atom. The number of alkyl halides is 3. The maximum Gasteiger partial charge on any atom is 0.416 e. The van der Waals surface area contributed by atoms with Gasteiger partial charge < -0.3 is 5.32 Å². The third-order valence-electron chi connectivity index (χ3n) is 5.01. The summed E-state index contributed by atoms with van der Waals surface area (Å²) in [6, 6.07) is 5.85. The standard InChI is InChI=1S/C19H25F3N2O/c20-19(21,22)16-6-3-15(4-7-16)13-24-11-1-2-14(12-24)5-10-18(25)23-17-8-9-17/h3-4,6-7,14,17H,1-2,5,8-13H2,(H,23,25)/t14-/m0/s1. The summed E-state index contributed by atoms with van der Waals surface area (Å²) in [5.74, 6) is 0.649. The van der Waals surface area contributed by atoms with Crippen LogP contribution in [0, 0.1) is 5.92 Å². The summed E-state index contributed by atoms with van der Waals surface area (Å²) < 4.78 is 37.9. The number of nitrogens with one attached hydrogen (secondary N) is 1. The zero-order chi connectivity index (χ0) is 17.9. The van der Waals surface area contributed by atoms with E-state index >= 15 is 0 Å². The molecule has 138 valence electrons. The van der Waals surface area contributed by atoms with Gasteiger partial charge in [-0.05, 0) is 62.3 Å². The molecule has 0 radical (unpaired) electrons. The Bertz CT molecular complexity index is 581. The monoisotopic (exact) mass is 354 g/mol. The lowest BCUT2D eigenvalue weighted by Gasteiger charge is -2.32. The second-order valence-electron chi connectivity index (χ2n) is 7.32. The van der Waals surface area contributed by atoms with Crippen molar-refractivity contribution in [3.8, 4) is 0 Å². The first-order chi connectivity index (χ1) is 11.9. The van der Waals surface area contributed by atoms with Crippen LogP contribution in [0.3, 0.4) is 0 Å². The van der Waals surface area contributed by atoms with Crippen molar-refractivity contribution >= 4 is 5.91 Å². The molecule has 1 amide bonds. The quantitative estimate of drug-likeness (QED) is 0.838. The van der Waals surface area contributed by atoms with E-state index in [-0.39, 0.29) is 5.91 Å². The summed E-state index contributed by atoms with van der Waals surface area (Å²) in [5, 5.41) is 3.02. The lowest BCUT2D eigenvalue weighted by atomic mass is 9.93. The largest absolute Gasteiger partial charge is 0.416 e. The van der Waals surface area contributed by atoms with Crippen molar-refractivity contribution in [2.24, 2.45) is 5.92 Å². The number of halogens is 3. The van der Waals surface area contributed by atoms with Crippen LogP contribution in [0.15, 0.2) is 24.3 Å². The summed E-state index contributed by atoms with van der Waals surface area (Å²) in [4.78, 5) is 14.1. The smallest absolute Gasteiger partial charge is 0.353 e. The molecule has 1 N–H and O–H groups in total. The molecule has 0 aromatic heterocycles. The minimum atomic E-state index is -4.28. The third-order valence-corrected chi connectivity index (χ3v) is 5.01. The van der Waals surface area contributed by atoms with Crippen molar-refractivity contribution in [1.29, 1.82) is 0 Å². The van der Waals surface area contributed by atoms with E-state index in [2.05, 4.69) is 10.2 Å². The van der Waals surface area contributed by atoms with Crippen molar-refractivity contribution in [3.63, 3.8) is 0 Å². The van der Waals surface area contributed by atoms with Gasteiger partial charge in [-0.25, -0.2) is 0 Å². The molecule has 2 aliphatic rings. The zero-order valence-electron chi connectivity index (χ0n) is 14.3. The van der Waals surface area contributed by atoms with E-state index in [1.165, 1.54) is 0 Å². The van der Waals surface area contributed by atoms with Crippen LogP contribution in [-0.4, -0.2) is 29.9 Å². The molecule has 25 heavy (non-hydrogen) atoms. The number of hydrogen-bond acceptors (Lipinski definition) is 2. The Morgan fingerprint density at radius 2 is 1.88 bits per heavy atom. The molecular formula is C19H25F3N2O. The van der Waals surface area contributed by atoms with Gasteiger partial charge in [0.15, 0.2) is 0 Å². The molecule has 3 rings (SSSR count). The number of nitrogens with zero attached hydrogens (tertiary/aromatic N) is 1. The van der Waals surface area contributed by atoms with Crippen molar-refractivity contribution < 1.29 is 18.0 Å². The Labute approximate surface area is 146 Å². The predicted molar refractivity (Wildman–Crippen MR) is 89.8 cm³/mol. The topological polar surface area (TPSA) is 32.3 Å². The highest BCUT2D eigenvalue weighted by Gasteiger charge is 2.30. The van der Waals surface area contributed by atoms with Gasteiger partial charge in [-0.1, -0.05) is 12.1 Å². The lowest BCUT2D eigenvalue weighted by molar-refractivity contribution is -0.137. The van der Waals surface area contributed by atoms with E-state index < -0.39 is 11.7 Å². The number of likely N-dealkylation sites (tertiary alicyclic amines) is 1. The first-order valence-corrected chi connectivity index (χ1v) is 9.08. The molecule has 0 bridgehead atoms. The SMILES string of the molecule is O=C(CC[C@@H]1CCCN(Cc2ccc(C(F)(F)F)cc2)C1)NC1CC1. The highest BCUT2D eigenvalue weighted by molar-refractivity contribution is 5.76. The highest BCUT2D eigenvalue weighted by atomic mass is 19.4. The maximum absolute atomic E-state index is 12.6. The van der Waals surface area contributed by atoms with Crippen LogP contribution in [0.25, 0.3) is 0 Å². The number of piperidine rings is 1. The number of carbonyl (C=O) groups is 1. The van der Waals surface area contributed by atoms with Crippen LogP contribution in [0.1, 0.15) is 49.7 Å². The van der Waals surface area contributed by atoms with E-state index in [0.29, 0.717) is 24.9 Å². The number of benzene rings is 1. The average Bonchev–Trinajstić information content (AvgIpc) is 3.37. The number of amides is 1. The van der Waals surface area contributed by atoms with Gasteiger partial charge in [0.05, 0.1) is 5.56 Å². The van der Waals surface area contributed by atoms with Gasteiger partial charge in [0.25, 0.3) is 0 Å². The van der Waals surface area contributed by atoms with Crippen LogP contribution in [0.2, 0.25) is 0 Å². The summed E-state index contributed by atoms with van der Waals surface area (Å²) >= 11 is 0. The van der Waals surface area contributed by atoms with E-state index in [9.17, 15) is 18.0 Å². The molecule has 1 atom stereocenters. The molecule has 1 aliphatic carbocycles. The molecule has 1 heterocycles. The first kappa shape index (κ1) is 18.2. The highest BCUT2D eigenvalue weighted by Crippen LogP contribution is 2.29. The Morgan fingerprint density at radius 1 is 1.16 bits per heavy atom. The van der Waals surface area contributed by atoms with Crippen molar-refractivity contribution in [2.75, 3.05) is 13.1 Å². The number of hydrogen-bond donors (Lipinski definition) is 1. The number of carbonyl (C=O) groups excluding carboxylic acids is 1. The Balaban J connectivity index is 1.45. The third kappa shape index (κ3) is 5.73. The summed E-state index contributed by atoms with van der Waals surface area (Å²) in [5.41, 5.74) is 0.301. The molecule has 0 spiro atoms. The van der Waals surface area contributed by atoms with Gasteiger partial charge in [0, 0.05) is 25.6 Å². The lowest BCUT2D eigenvalue weighted by Crippen LogP contribution is -2.35. The van der Waals surface area contributed by atoms with Crippen LogP contribution in [0.4, 0.5) is 13.2 Å². The fourth-order valence-electron chi connectivity index (χ4n) is 3.45. The van der Waals surface area contributed by atoms with E-state index in [0.717, 1.165) is 62.9 Å². The van der Waals surface area contributed by atoms with E-state index in [4.69, 9.17) is 0 Å². The molecule has 2 fully saturated rings. The molecule has 6 heteroatoms. The molecule has 1 saturated heterocycles. The molecule has 0 unspecified atom stereocenters. The van der Waals surface area contributed by atoms with Crippen molar-refractivity contribution in [1.82, 2.24) is 10.2 Å². The minimum absolute atomic E-state index is 0.155. The van der Waals surface area contributed by atoms with Gasteiger partial charge in [-0.2, -0.15) is 13.2 Å². The van der Waals surface area contributed by atoms with Crippen molar-refractivity contribution in [2.45, 2.75) is 57.3 Å². The predicted octanol–water partition coefficient (Wildman–Crippen LogP) is 3.98. The van der Waals surface area contributed by atoms with Gasteiger partial charge in [0.2, 0.25) is 5.91 Å².